The first-order chi connectivity index (χ1) is 10.9. The highest BCUT2D eigenvalue weighted by Gasteiger charge is 2.37. The maximum absolute atomic E-state index is 12.9. The molecule has 7 nitrogen and oxygen atoms in total. The Morgan fingerprint density at radius 1 is 1.30 bits per heavy atom. The lowest BCUT2D eigenvalue weighted by molar-refractivity contribution is -0.143. The molecule has 0 saturated heterocycles. The van der Waals surface area contributed by atoms with Gasteiger partial charge in [0.25, 0.3) is 5.91 Å². The molecule has 1 atom stereocenters. The summed E-state index contributed by atoms with van der Waals surface area (Å²) in [6.07, 6.45) is 0. The Balaban J connectivity index is 2.01. The van der Waals surface area contributed by atoms with Crippen molar-refractivity contribution in [2.75, 3.05) is 0 Å². The van der Waals surface area contributed by atoms with Gasteiger partial charge in [-0.05, 0) is 31.5 Å². The molecule has 0 radical (unpaired) electrons. The van der Waals surface area contributed by atoms with E-state index in [0.29, 0.717) is 17.2 Å². The molecule has 1 aliphatic rings. The zero-order valence-electron chi connectivity index (χ0n) is 12.7. The molecule has 0 aliphatic carbocycles. The number of nitrogens with zero attached hydrogens (tertiary/aromatic N) is 4. The Morgan fingerprint density at radius 2 is 2.04 bits per heavy atom. The molecule has 3 rings (SSSR count). The number of hydrogen-bond donors (Lipinski definition) is 1. The van der Waals surface area contributed by atoms with Gasteiger partial charge in [0.2, 0.25) is 0 Å². The Bertz CT molecular complexity index is 802. The van der Waals surface area contributed by atoms with Gasteiger partial charge in [-0.1, -0.05) is 22.0 Å². The van der Waals surface area contributed by atoms with Gasteiger partial charge in [0.05, 0.1) is 13.1 Å². The van der Waals surface area contributed by atoms with Crippen LogP contribution in [-0.2, 0) is 17.9 Å². The number of benzene rings is 1. The number of carbonyl (C=O) groups excluding carboxylic acids is 1. The molecular weight excluding hydrogens is 364 g/mol. The van der Waals surface area contributed by atoms with Crippen LogP contribution in [0.1, 0.15) is 27.6 Å². The summed E-state index contributed by atoms with van der Waals surface area (Å²) in [4.78, 5) is 25.9. The number of aryl methyl sites for hydroxylation is 1. The number of carbonyl (C=O) groups is 2. The number of aromatic nitrogens is 3. The third-order valence-corrected chi connectivity index (χ3v) is 4.96. The molecule has 1 amide bonds. The minimum atomic E-state index is -1.04. The molecule has 1 aromatic carbocycles. The van der Waals surface area contributed by atoms with E-state index < -0.39 is 12.0 Å². The molecular formula is C15H15BrN4O3. The number of aliphatic carboxylic acids is 1. The Hall–Kier alpha value is -2.22. The molecule has 1 aromatic heterocycles. The number of carboxylic acid groups (broad SMARTS) is 1. The zero-order chi connectivity index (χ0) is 16.7. The van der Waals surface area contributed by atoms with Crippen molar-refractivity contribution in [1.29, 1.82) is 0 Å². The van der Waals surface area contributed by atoms with E-state index in [9.17, 15) is 14.7 Å². The van der Waals surface area contributed by atoms with E-state index in [-0.39, 0.29) is 19.0 Å². The van der Waals surface area contributed by atoms with Gasteiger partial charge in [-0.2, -0.15) is 0 Å². The maximum Gasteiger partial charge on any atom is 0.328 e. The van der Waals surface area contributed by atoms with Crippen LogP contribution < -0.4 is 0 Å². The molecule has 120 valence electrons. The molecule has 23 heavy (non-hydrogen) atoms. The van der Waals surface area contributed by atoms with E-state index in [2.05, 4.69) is 26.1 Å². The number of amides is 1. The van der Waals surface area contributed by atoms with E-state index in [1.54, 1.807) is 23.6 Å². The van der Waals surface area contributed by atoms with Gasteiger partial charge in [0.1, 0.15) is 11.9 Å². The van der Waals surface area contributed by atoms with Gasteiger partial charge in [-0.3, -0.25) is 4.79 Å². The summed E-state index contributed by atoms with van der Waals surface area (Å²) in [7, 11) is 0. The zero-order valence-corrected chi connectivity index (χ0v) is 14.2. The van der Waals surface area contributed by atoms with Crippen molar-refractivity contribution in [3.05, 3.63) is 45.4 Å². The first-order valence-corrected chi connectivity index (χ1v) is 7.87. The van der Waals surface area contributed by atoms with Crippen LogP contribution in [0, 0.1) is 13.8 Å². The molecule has 0 bridgehead atoms. The van der Waals surface area contributed by atoms with Gasteiger partial charge in [0.15, 0.2) is 5.82 Å². The fraction of sp³-hybridized carbons (Fsp3) is 0.333. The van der Waals surface area contributed by atoms with E-state index in [4.69, 9.17) is 0 Å². The SMILES string of the molecule is Cc1c(Br)cccc1C(=O)N1Cc2nnc(C)n2CC1C(=O)O. The van der Waals surface area contributed by atoms with Crippen molar-refractivity contribution in [3.8, 4) is 0 Å². The lowest BCUT2D eigenvalue weighted by Crippen LogP contribution is -2.50. The van der Waals surface area contributed by atoms with Crippen LogP contribution in [0.2, 0.25) is 0 Å². The smallest absolute Gasteiger partial charge is 0.328 e. The average Bonchev–Trinajstić information content (AvgIpc) is 2.89. The highest BCUT2D eigenvalue weighted by Crippen LogP contribution is 2.25. The number of rotatable bonds is 2. The second-order valence-corrected chi connectivity index (χ2v) is 6.33. The summed E-state index contributed by atoms with van der Waals surface area (Å²) in [5.41, 5.74) is 1.26. The molecule has 0 fully saturated rings. The molecule has 0 saturated carbocycles. The summed E-state index contributed by atoms with van der Waals surface area (Å²) in [5, 5.41) is 17.5. The fourth-order valence-corrected chi connectivity index (χ4v) is 3.10. The largest absolute Gasteiger partial charge is 0.480 e. The van der Waals surface area contributed by atoms with Gasteiger partial charge in [-0.15, -0.1) is 10.2 Å². The Morgan fingerprint density at radius 3 is 2.74 bits per heavy atom. The van der Waals surface area contributed by atoms with E-state index in [1.807, 2.05) is 13.0 Å². The number of carboxylic acids is 1. The van der Waals surface area contributed by atoms with Gasteiger partial charge >= 0.3 is 5.97 Å². The van der Waals surface area contributed by atoms with Gasteiger partial charge < -0.3 is 14.6 Å². The number of fused-ring (bicyclic) bond motifs is 1. The van der Waals surface area contributed by atoms with Crippen molar-refractivity contribution in [3.63, 3.8) is 0 Å². The van der Waals surface area contributed by atoms with Gasteiger partial charge in [-0.25, -0.2) is 4.79 Å². The van der Waals surface area contributed by atoms with Crippen molar-refractivity contribution < 1.29 is 14.7 Å². The van der Waals surface area contributed by atoms with Crippen LogP contribution in [-0.4, -0.2) is 42.7 Å². The number of hydrogen-bond acceptors (Lipinski definition) is 4. The van der Waals surface area contributed by atoms with Gasteiger partial charge in [0, 0.05) is 10.0 Å². The lowest BCUT2D eigenvalue weighted by atomic mass is 10.1. The summed E-state index contributed by atoms with van der Waals surface area (Å²) < 4.78 is 2.56. The maximum atomic E-state index is 12.9. The molecule has 8 heteroatoms. The predicted molar refractivity (Wildman–Crippen MR) is 84.9 cm³/mol. The molecule has 0 spiro atoms. The summed E-state index contributed by atoms with van der Waals surface area (Å²) in [6.45, 7) is 3.87. The van der Waals surface area contributed by atoms with Crippen LogP contribution in [0.5, 0.6) is 0 Å². The Labute approximate surface area is 141 Å². The summed E-state index contributed by atoms with van der Waals surface area (Å²) in [6, 6.07) is 4.36. The van der Waals surface area contributed by atoms with Crippen molar-refractivity contribution in [1.82, 2.24) is 19.7 Å². The molecule has 1 unspecified atom stereocenters. The summed E-state index contributed by atoms with van der Waals surface area (Å²) >= 11 is 3.40. The number of halogens is 1. The lowest BCUT2D eigenvalue weighted by Gasteiger charge is -2.33. The highest BCUT2D eigenvalue weighted by molar-refractivity contribution is 9.10. The van der Waals surface area contributed by atoms with Crippen molar-refractivity contribution in [2.45, 2.75) is 33.0 Å². The molecule has 2 heterocycles. The first kappa shape index (κ1) is 15.7. The second kappa shape index (κ2) is 5.77. The van der Waals surface area contributed by atoms with Crippen LogP contribution in [0.15, 0.2) is 22.7 Å². The molecule has 2 aromatic rings. The third-order valence-electron chi connectivity index (χ3n) is 4.10. The third kappa shape index (κ3) is 2.63. The Kier molecular flexibility index (Phi) is 3.93. The van der Waals surface area contributed by atoms with Crippen LogP contribution in [0.4, 0.5) is 0 Å². The average molecular weight is 379 g/mol. The quantitative estimate of drug-likeness (QED) is 0.859. The topological polar surface area (TPSA) is 88.3 Å². The van der Waals surface area contributed by atoms with Crippen molar-refractivity contribution in [2.24, 2.45) is 0 Å². The molecule has 1 aliphatic heterocycles. The first-order valence-electron chi connectivity index (χ1n) is 7.07. The fourth-order valence-electron chi connectivity index (χ4n) is 2.73. The monoisotopic (exact) mass is 378 g/mol. The van der Waals surface area contributed by atoms with Crippen LogP contribution in [0.25, 0.3) is 0 Å². The normalized spacial score (nSPS) is 17.0. The standard InChI is InChI=1S/C15H15BrN4O3/c1-8-10(4-3-5-11(8)16)14(21)20-7-13-18-17-9(2)19(13)6-12(20)15(22)23/h3-5,12H,6-7H2,1-2H3,(H,22,23). The predicted octanol–water partition coefficient (Wildman–Crippen LogP) is 1.77. The van der Waals surface area contributed by atoms with Crippen LogP contribution in [0.3, 0.4) is 0 Å². The van der Waals surface area contributed by atoms with E-state index >= 15 is 0 Å². The van der Waals surface area contributed by atoms with E-state index in [0.717, 1.165) is 10.0 Å². The minimum absolute atomic E-state index is 0.128. The van der Waals surface area contributed by atoms with E-state index in [1.165, 1.54) is 4.90 Å². The molecule has 1 N–H and O–H groups in total. The second-order valence-electron chi connectivity index (χ2n) is 5.47. The minimum Gasteiger partial charge on any atom is -0.480 e. The summed E-state index contributed by atoms with van der Waals surface area (Å²) in [5.74, 6) is -0.106. The van der Waals surface area contributed by atoms with Crippen LogP contribution >= 0.6 is 15.9 Å². The highest BCUT2D eigenvalue weighted by atomic mass is 79.9. The van der Waals surface area contributed by atoms with Crippen molar-refractivity contribution >= 4 is 27.8 Å².